The Kier molecular flexibility index (Phi) is 3.99. The number of urea groups is 1. The van der Waals surface area contributed by atoms with Crippen molar-refractivity contribution in [3.8, 4) is 0 Å². The van der Waals surface area contributed by atoms with Crippen molar-refractivity contribution >= 4 is 6.03 Å². The second kappa shape index (κ2) is 5.52. The predicted molar refractivity (Wildman–Crippen MR) is 67.8 cm³/mol. The molecule has 1 atom stereocenters. The first kappa shape index (κ1) is 13.7. The van der Waals surface area contributed by atoms with Gasteiger partial charge in [-0.15, -0.1) is 0 Å². The molecule has 1 aliphatic heterocycles. The van der Waals surface area contributed by atoms with Gasteiger partial charge in [0.15, 0.2) is 11.6 Å². The Labute approximate surface area is 111 Å². The lowest BCUT2D eigenvalue weighted by Gasteiger charge is -2.24. The highest BCUT2D eigenvalue weighted by molar-refractivity contribution is 5.76. The van der Waals surface area contributed by atoms with E-state index in [0.717, 1.165) is 6.07 Å². The van der Waals surface area contributed by atoms with Crippen molar-refractivity contribution in [2.75, 3.05) is 33.7 Å². The normalized spacial score (nSPS) is 17.2. The first-order valence-electron chi connectivity index (χ1n) is 6.15. The highest BCUT2D eigenvalue weighted by atomic mass is 19.2. The highest BCUT2D eigenvalue weighted by Gasteiger charge is 2.28. The molecule has 0 aliphatic carbocycles. The van der Waals surface area contributed by atoms with Crippen LogP contribution in [0.5, 0.6) is 0 Å². The van der Waals surface area contributed by atoms with Crippen LogP contribution in [0.15, 0.2) is 18.2 Å². The SMILES string of the molecule is CNC(CN1CCN(C)C1=O)c1cccc(F)c1F. The molecule has 1 aliphatic rings. The van der Waals surface area contributed by atoms with E-state index in [4.69, 9.17) is 0 Å². The van der Waals surface area contributed by atoms with Crippen molar-refractivity contribution in [1.82, 2.24) is 15.1 Å². The molecule has 2 rings (SSSR count). The van der Waals surface area contributed by atoms with Crippen molar-refractivity contribution < 1.29 is 13.6 Å². The van der Waals surface area contributed by atoms with Crippen LogP contribution in [-0.4, -0.2) is 49.6 Å². The van der Waals surface area contributed by atoms with Crippen LogP contribution in [0.25, 0.3) is 0 Å². The Balaban J connectivity index is 2.17. The zero-order chi connectivity index (χ0) is 14.0. The van der Waals surface area contributed by atoms with Crippen LogP contribution in [0.2, 0.25) is 0 Å². The maximum atomic E-state index is 13.8. The summed E-state index contributed by atoms with van der Waals surface area (Å²) in [5.74, 6) is -1.73. The van der Waals surface area contributed by atoms with Crippen molar-refractivity contribution in [3.05, 3.63) is 35.4 Å². The minimum absolute atomic E-state index is 0.0861. The van der Waals surface area contributed by atoms with Crippen molar-refractivity contribution in [1.29, 1.82) is 0 Å². The van der Waals surface area contributed by atoms with Crippen molar-refractivity contribution in [2.45, 2.75) is 6.04 Å². The summed E-state index contributed by atoms with van der Waals surface area (Å²) >= 11 is 0. The fourth-order valence-corrected chi connectivity index (χ4v) is 2.23. The molecule has 1 aromatic carbocycles. The van der Waals surface area contributed by atoms with Crippen LogP contribution in [0.1, 0.15) is 11.6 Å². The molecule has 0 bridgehead atoms. The summed E-state index contributed by atoms with van der Waals surface area (Å²) in [5, 5.41) is 2.93. The second-order valence-corrected chi connectivity index (χ2v) is 4.63. The van der Waals surface area contributed by atoms with Gasteiger partial charge in [0.1, 0.15) is 0 Å². The molecule has 1 saturated heterocycles. The maximum absolute atomic E-state index is 13.8. The summed E-state index contributed by atoms with van der Waals surface area (Å²) in [5.41, 5.74) is 0.241. The van der Waals surface area contributed by atoms with Crippen LogP contribution in [0.4, 0.5) is 13.6 Å². The van der Waals surface area contributed by atoms with Crippen LogP contribution in [0.3, 0.4) is 0 Å². The van der Waals surface area contributed by atoms with Gasteiger partial charge in [-0.1, -0.05) is 12.1 Å². The topological polar surface area (TPSA) is 35.6 Å². The molecule has 0 spiro atoms. The van der Waals surface area contributed by atoms with Gasteiger partial charge in [0.05, 0.1) is 6.04 Å². The molecule has 2 amide bonds. The molecule has 1 aromatic rings. The van der Waals surface area contributed by atoms with Gasteiger partial charge >= 0.3 is 6.03 Å². The van der Waals surface area contributed by atoms with E-state index in [9.17, 15) is 13.6 Å². The molecular formula is C13H17F2N3O. The van der Waals surface area contributed by atoms with Gasteiger partial charge < -0.3 is 15.1 Å². The molecule has 1 N–H and O–H groups in total. The average molecular weight is 269 g/mol. The van der Waals surface area contributed by atoms with Crippen LogP contribution in [-0.2, 0) is 0 Å². The number of hydrogen-bond donors (Lipinski definition) is 1. The van der Waals surface area contributed by atoms with Gasteiger partial charge in [-0.25, -0.2) is 13.6 Å². The minimum Gasteiger partial charge on any atom is -0.326 e. The maximum Gasteiger partial charge on any atom is 0.319 e. The fraction of sp³-hybridized carbons (Fsp3) is 0.462. The smallest absolute Gasteiger partial charge is 0.319 e. The molecule has 0 saturated carbocycles. The number of nitrogens with zero attached hydrogens (tertiary/aromatic N) is 2. The number of hydrogen-bond acceptors (Lipinski definition) is 2. The lowest BCUT2D eigenvalue weighted by molar-refractivity contribution is 0.194. The number of halogens is 2. The molecule has 4 nitrogen and oxygen atoms in total. The van der Waals surface area contributed by atoms with E-state index < -0.39 is 17.7 Å². The number of rotatable bonds is 4. The first-order chi connectivity index (χ1) is 9.04. The highest BCUT2D eigenvalue weighted by Crippen LogP contribution is 2.21. The molecule has 6 heteroatoms. The number of carbonyl (C=O) groups is 1. The molecular weight excluding hydrogens is 252 g/mol. The monoisotopic (exact) mass is 269 g/mol. The van der Waals surface area contributed by atoms with Crippen molar-refractivity contribution in [3.63, 3.8) is 0 Å². The number of carbonyl (C=O) groups excluding carboxylic acids is 1. The van der Waals surface area contributed by atoms with E-state index >= 15 is 0 Å². The predicted octanol–water partition coefficient (Wildman–Crippen LogP) is 1.59. The Morgan fingerprint density at radius 3 is 2.68 bits per heavy atom. The largest absolute Gasteiger partial charge is 0.326 e. The lowest BCUT2D eigenvalue weighted by atomic mass is 10.1. The molecule has 0 aromatic heterocycles. The molecule has 19 heavy (non-hydrogen) atoms. The zero-order valence-electron chi connectivity index (χ0n) is 11.0. The third-order valence-corrected chi connectivity index (χ3v) is 3.41. The Hall–Kier alpha value is -1.69. The number of benzene rings is 1. The lowest BCUT2D eigenvalue weighted by Crippen LogP contribution is -2.37. The van der Waals surface area contributed by atoms with E-state index in [1.165, 1.54) is 12.1 Å². The second-order valence-electron chi connectivity index (χ2n) is 4.63. The summed E-state index contributed by atoms with van der Waals surface area (Å²) in [7, 11) is 3.39. The number of likely N-dealkylation sites (N-methyl/N-ethyl adjacent to an activating group) is 2. The van der Waals surface area contributed by atoms with Gasteiger partial charge in [-0.2, -0.15) is 0 Å². The first-order valence-corrected chi connectivity index (χ1v) is 6.15. The standard InChI is InChI=1S/C13H17F2N3O/c1-16-11(8-18-7-6-17(2)13(18)19)9-4-3-5-10(14)12(9)15/h3-5,11,16H,6-8H2,1-2H3. The van der Waals surface area contributed by atoms with Gasteiger partial charge in [0.2, 0.25) is 0 Å². The molecule has 1 fully saturated rings. The third kappa shape index (κ3) is 2.68. The van der Waals surface area contributed by atoms with E-state index in [-0.39, 0.29) is 11.6 Å². The van der Waals surface area contributed by atoms with Crippen LogP contribution >= 0.6 is 0 Å². The average Bonchev–Trinajstić information content (AvgIpc) is 2.71. The summed E-state index contributed by atoms with van der Waals surface area (Å²) in [6, 6.07) is 3.57. The fourth-order valence-electron chi connectivity index (χ4n) is 2.23. The van der Waals surface area contributed by atoms with E-state index in [2.05, 4.69) is 5.32 Å². The Morgan fingerprint density at radius 1 is 1.37 bits per heavy atom. The number of nitrogens with one attached hydrogen (secondary N) is 1. The van der Waals surface area contributed by atoms with Gasteiger partial charge in [0, 0.05) is 32.2 Å². The molecule has 0 radical (unpaired) electrons. The molecule has 104 valence electrons. The van der Waals surface area contributed by atoms with Crippen LogP contribution in [0, 0.1) is 11.6 Å². The summed E-state index contributed by atoms with van der Waals surface area (Å²) in [6.45, 7) is 1.57. The number of amides is 2. The van der Waals surface area contributed by atoms with Crippen LogP contribution < -0.4 is 5.32 Å². The van der Waals surface area contributed by atoms with Gasteiger partial charge in [-0.05, 0) is 13.1 Å². The molecule has 1 heterocycles. The van der Waals surface area contributed by atoms with Gasteiger partial charge in [-0.3, -0.25) is 0 Å². The van der Waals surface area contributed by atoms with Crippen molar-refractivity contribution in [2.24, 2.45) is 0 Å². The van der Waals surface area contributed by atoms with E-state index in [0.29, 0.717) is 19.6 Å². The summed E-state index contributed by atoms with van der Waals surface area (Å²) in [4.78, 5) is 15.0. The van der Waals surface area contributed by atoms with E-state index in [1.54, 1.807) is 23.9 Å². The Morgan fingerprint density at radius 2 is 2.11 bits per heavy atom. The minimum atomic E-state index is -0.873. The Bertz CT molecular complexity index is 481. The van der Waals surface area contributed by atoms with Gasteiger partial charge in [0.25, 0.3) is 0 Å². The third-order valence-electron chi connectivity index (χ3n) is 3.41. The summed E-state index contributed by atoms with van der Waals surface area (Å²) in [6.07, 6.45) is 0. The zero-order valence-corrected chi connectivity index (χ0v) is 11.0. The van der Waals surface area contributed by atoms with E-state index in [1.807, 2.05) is 0 Å². The summed E-state index contributed by atoms with van der Waals surface area (Å²) < 4.78 is 27.0. The molecule has 1 unspecified atom stereocenters. The quantitative estimate of drug-likeness (QED) is 0.901.